The van der Waals surface area contributed by atoms with E-state index in [1.807, 2.05) is 115 Å². The number of carboxylic acid groups (broad SMARTS) is 1. The molecule has 1 aliphatic rings. The number of morpholine rings is 1. The highest BCUT2D eigenvalue weighted by atomic mass is 16.5. The van der Waals surface area contributed by atoms with Gasteiger partial charge in [0.1, 0.15) is 24.5 Å². The summed E-state index contributed by atoms with van der Waals surface area (Å²) >= 11 is 0. The molecule has 1 aliphatic heterocycles. The number of hydrogen-bond acceptors (Lipinski definition) is 5. The molecule has 250 valence electrons. The van der Waals surface area contributed by atoms with Crippen LogP contribution in [0.1, 0.15) is 29.0 Å². The van der Waals surface area contributed by atoms with Gasteiger partial charge >= 0.3 is 6.09 Å². The van der Waals surface area contributed by atoms with Gasteiger partial charge in [-0.25, -0.2) is 4.79 Å². The summed E-state index contributed by atoms with van der Waals surface area (Å²) in [5, 5.41) is 18.8. The van der Waals surface area contributed by atoms with Crippen LogP contribution in [-0.2, 0) is 16.0 Å². The zero-order valence-electron chi connectivity index (χ0n) is 27.2. The summed E-state index contributed by atoms with van der Waals surface area (Å²) in [6, 6.07) is 43.9. The highest BCUT2D eigenvalue weighted by Crippen LogP contribution is 2.30. The average molecular weight is 656 g/mol. The molecule has 0 unspecified atom stereocenters. The van der Waals surface area contributed by atoms with E-state index in [0.717, 1.165) is 46.5 Å². The molecule has 1 saturated heterocycles. The molecule has 2 amide bonds. The van der Waals surface area contributed by atoms with Crippen molar-refractivity contribution >= 4 is 17.7 Å². The lowest BCUT2D eigenvalue weighted by molar-refractivity contribution is -0.118. The van der Waals surface area contributed by atoms with Crippen LogP contribution < -0.4 is 20.7 Å². The fourth-order valence-electron chi connectivity index (χ4n) is 6.32. The van der Waals surface area contributed by atoms with E-state index in [4.69, 9.17) is 9.47 Å². The van der Waals surface area contributed by atoms with Gasteiger partial charge in [-0.05, 0) is 58.9 Å². The third kappa shape index (κ3) is 9.13. The molecule has 0 bridgehead atoms. The molecule has 0 aromatic heterocycles. The van der Waals surface area contributed by atoms with Crippen molar-refractivity contribution in [1.82, 2.24) is 10.6 Å². The number of ether oxygens (including phenoxy) is 2. The van der Waals surface area contributed by atoms with Crippen LogP contribution >= 0.6 is 0 Å². The third-order valence-corrected chi connectivity index (χ3v) is 8.75. The fraction of sp³-hybridized carbons (Fsp3) is 0.220. The second kappa shape index (κ2) is 16.6. The molecule has 8 nitrogen and oxygen atoms in total. The number of nitrogens with one attached hydrogen (secondary N) is 3. The lowest BCUT2D eigenvalue weighted by atomic mass is 9.84. The SMILES string of the molecule is O=C(O)N[C@H](C(=O)Nc1ccccc1CC[C@@H]1CNC[C@@H](COc2ccc(-c3ccccc3)cc2)O1)C(c1ccccc1)c1ccccc1. The van der Waals surface area contributed by atoms with E-state index < -0.39 is 24.0 Å². The Morgan fingerprint density at radius 2 is 1.31 bits per heavy atom. The number of benzene rings is 5. The van der Waals surface area contributed by atoms with Crippen LogP contribution in [0.15, 0.2) is 140 Å². The second-order valence-electron chi connectivity index (χ2n) is 12.2. The Balaban J connectivity index is 1.08. The molecule has 0 radical (unpaired) electrons. The molecular weight excluding hydrogens is 614 g/mol. The van der Waals surface area contributed by atoms with Gasteiger partial charge in [0.25, 0.3) is 0 Å². The van der Waals surface area contributed by atoms with Gasteiger partial charge < -0.3 is 30.5 Å². The van der Waals surface area contributed by atoms with Crippen LogP contribution in [0.4, 0.5) is 10.5 Å². The first-order valence-electron chi connectivity index (χ1n) is 16.7. The van der Waals surface area contributed by atoms with Crippen molar-refractivity contribution in [2.45, 2.75) is 37.0 Å². The zero-order valence-corrected chi connectivity index (χ0v) is 27.2. The molecule has 49 heavy (non-hydrogen) atoms. The number of hydrogen-bond donors (Lipinski definition) is 4. The molecule has 5 aromatic carbocycles. The molecule has 0 aliphatic carbocycles. The number of rotatable bonds is 13. The van der Waals surface area contributed by atoms with E-state index >= 15 is 0 Å². The summed E-state index contributed by atoms with van der Waals surface area (Å²) in [6.45, 7) is 1.85. The van der Waals surface area contributed by atoms with Crippen LogP contribution in [0.2, 0.25) is 0 Å². The largest absolute Gasteiger partial charge is 0.491 e. The summed E-state index contributed by atoms with van der Waals surface area (Å²) in [4.78, 5) is 25.9. The number of amides is 2. The normalized spacial score (nSPS) is 16.4. The minimum Gasteiger partial charge on any atom is -0.491 e. The van der Waals surface area contributed by atoms with Gasteiger partial charge in [0.15, 0.2) is 0 Å². The van der Waals surface area contributed by atoms with E-state index in [2.05, 4.69) is 40.2 Å². The Hall–Kier alpha value is -5.44. The number of carbonyl (C=O) groups is 2. The van der Waals surface area contributed by atoms with Crippen molar-refractivity contribution < 1.29 is 24.2 Å². The average Bonchev–Trinajstić information content (AvgIpc) is 3.15. The van der Waals surface area contributed by atoms with Gasteiger partial charge in [-0.15, -0.1) is 0 Å². The van der Waals surface area contributed by atoms with Gasteiger partial charge in [0.05, 0.1) is 6.10 Å². The minimum atomic E-state index is -1.27. The number of anilines is 1. The van der Waals surface area contributed by atoms with Crippen molar-refractivity contribution in [3.8, 4) is 16.9 Å². The summed E-state index contributed by atoms with van der Waals surface area (Å²) in [5.74, 6) is -0.169. The smallest absolute Gasteiger partial charge is 0.405 e. The predicted octanol–water partition coefficient (Wildman–Crippen LogP) is 7.13. The lowest BCUT2D eigenvalue weighted by Gasteiger charge is -2.31. The molecule has 1 heterocycles. The molecule has 3 atom stereocenters. The molecule has 6 rings (SSSR count). The van der Waals surface area contributed by atoms with Crippen molar-refractivity contribution in [2.24, 2.45) is 0 Å². The maximum absolute atomic E-state index is 13.9. The first-order chi connectivity index (χ1) is 24.0. The molecule has 0 saturated carbocycles. The molecule has 8 heteroatoms. The van der Waals surface area contributed by atoms with Crippen molar-refractivity contribution in [3.63, 3.8) is 0 Å². The maximum Gasteiger partial charge on any atom is 0.405 e. The van der Waals surface area contributed by atoms with E-state index in [0.29, 0.717) is 25.3 Å². The van der Waals surface area contributed by atoms with Crippen LogP contribution in [0.25, 0.3) is 11.1 Å². The Labute approximate surface area is 287 Å². The first-order valence-corrected chi connectivity index (χ1v) is 16.7. The summed E-state index contributed by atoms with van der Waals surface area (Å²) in [5.41, 5.74) is 5.56. The summed E-state index contributed by atoms with van der Waals surface area (Å²) in [6.07, 6.45) is -0.00753. The Bertz CT molecular complexity index is 1750. The van der Waals surface area contributed by atoms with Crippen molar-refractivity contribution in [2.75, 3.05) is 25.0 Å². The standard InChI is InChI=1S/C41H41N3O5/c45-40(39(44-41(46)47)38(32-15-6-2-7-16-32)33-17-8-3-9-18-33)43-37-19-11-10-14-31(37)22-25-35-26-42-27-36(49-35)28-48-34-23-20-30(21-24-34)29-12-4-1-5-13-29/h1-21,23-24,35-36,38-39,42,44H,22,25-28H2,(H,43,45)(H,46,47)/t35-,36+,39+/m1/s1. The predicted molar refractivity (Wildman–Crippen MR) is 192 cm³/mol. The molecule has 1 fully saturated rings. The van der Waals surface area contributed by atoms with Crippen molar-refractivity contribution in [1.29, 1.82) is 0 Å². The minimum absolute atomic E-state index is 0.0338. The maximum atomic E-state index is 13.9. The van der Waals surface area contributed by atoms with Gasteiger partial charge in [-0.2, -0.15) is 0 Å². The highest BCUT2D eigenvalue weighted by molar-refractivity contribution is 5.98. The van der Waals surface area contributed by atoms with Crippen LogP contribution in [0.5, 0.6) is 5.75 Å². The molecular formula is C41H41N3O5. The van der Waals surface area contributed by atoms with Gasteiger partial charge in [0, 0.05) is 24.7 Å². The lowest BCUT2D eigenvalue weighted by Crippen LogP contribution is -2.47. The molecule has 5 aromatic rings. The fourth-order valence-corrected chi connectivity index (χ4v) is 6.32. The zero-order chi connectivity index (χ0) is 33.8. The highest BCUT2D eigenvalue weighted by Gasteiger charge is 2.33. The molecule has 0 spiro atoms. The number of carbonyl (C=O) groups excluding carboxylic acids is 1. The second-order valence-corrected chi connectivity index (χ2v) is 12.2. The van der Waals surface area contributed by atoms with E-state index in [-0.39, 0.29) is 12.2 Å². The van der Waals surface area contributed by atoms with Crippen molar-refractivity contribution in [3.05, 3.63) is 156 Å². The molecule has 4 N–H and O–H groups in total. The Morgan fingerprint density at radius 1 is 0.735 bits per heavy atom. The van der Waals surface area contributed by atoms with E-state index in [1.165, 1.54) is 0 Å². The van der Waals surface area contributed by atoms with Gasteiger partial charge in [-0.1, -0.05) is 121 Å². The summed E-state index contributed by atoms with van der Waals surface area (Å²) < 4.78 is 12.5. The van der Waals surface area contributed by atoms with Gasteiger partial charge in [0.2, 0.25) is 5.91 Å². The topological polar surface area (TPSA) is 109 Å². The van der Waals surface area contributed by atoms with Crippen LogP contribution in [-0.4, -0.2) is 55.1 Å². The monoisotopic (exact) mass is 655 g/mol. The third-order valence-electron chi connectivity index (χ3n) is 8.75. The number of para-hydroxylation sites is 1. The summed E-state index contributed by atoms with van der Waals surface area (Å²) in [7, 11) is 0. The van der Waals surface area contributed by atoms with Crippen LogP contribution in [0.3, 0.4) is 0 Å². The first kappa shape index (κ1) is 33.5. The quantitative estimate of drug-likeness (QED) is 0.108. The Kier molecular flexibility index (Phi) is 11.3. The van der Waals surface area contributed by atoms with Crippen LogP contribution in [0, 0.1) is 0 Å². The van der Waals surface area contributed by atoms with E-state index in [9.17, 15) is 14.7 Å². The van der Waals surface area contributed by atoms with Gasteiger partial charge in [-0.3, -0.25) is 4.79 Å². The number of aryl methyl sites for hydroxylation is 1. The van der Waals surface area contributed by atoms with E-state index in [1.54, 1.807) is 0 Å². The Morgan fingerprint density at radius 3 is 1.96 bits per heavy atom.